The Morgan fingerprint density at radius 2 is 1.62 bits per heavy atom. The van der Waals surface area contributed by atoms with Gasteiger partial charge in [-0.2, -0.15) is 0 Å². The predicted molar refractivity (Wildman–Crippen MR) is 79.9 cm³/mol. The number of rotatable bonds is 2. The van der Waals surface area contributed by atoms with E-state index in [2.05, 4.69) is 5.32 Å². The molecule has 1 aromatic rings. The molecule has 1 fully saturated rings. The van der Waals surface area contributed by atoms with Crippen LogP contribution in [-0.2, 0) is 4.79 Å². The van der Waals surface area contributed by atoms with Gasteiger partial charge < -0.3 is 20.2 Å². The van der Waals surface area contributed by atoms with Crippen LogP contribution < -0.4 is 5.32 Å². The molecule has 3 amide bonds. The molecule has 0 bridgehead atoms. The summed E-state index contributed by atoms with van der Waals surface area (Å²) in [5.41, 5.74) is 1.50. The maximum atomic E-state index is 12.1. The zero-order valence-electron chi connectivity index (χ0n) is 12.4. The number of amides is 3. The molecule has 6 nitrogen and oxygen atoms in total. The van der Waals surface area contributed by atoms with Crippen LogP contribution in [0.4, 0.5) is 10.5 Å². The van der Waals surface area contributed by atoms with Crippen LogP contribution in [0.3, 0.4) is 0 Å². The Kier molecular flexibility index (Phi) is 4.80. The standard InChI is InChI=1S/C15H21N3O3/c1-11(19)13-3-5-14(6-4-13)16-15(21)18-9-7-17(8-10-18)12(2)20/h3-6,11,19H,7-10H2,1-2H3,(H,16,21). The molecule has 1 aromatic carbocycles. The van der Waals surface area contributed by atoms with Crippen LogP contribution in [0.15, 0.2) is 24.3 Å². The molecule has 0 aliphatic carbocycles. The molecule has 1 aliphatic heterocycles. The summed E-state index contributed by atoms with van der Waals surface area (Å²) in [4.78, 5) is 26.8. The van der Waals surface area contributed by atoms with Gasteiger partial charge in [0.2, 0.25) is 5.91 Å². The molecule has 114 valence electrons. The Morgan fingerprint density at radius 1 is 1.10 bits per heavy atom. The summed E-state index contributed by atoms with van der Waals surface area (Å²) in [5, 5.41) is 12.3. The lowest BCUT2D eigenvalue weighted by Crippen LogP contribution is -2.51. The van der Waals surface area contributed by atoms with E-state index in [1.165, 1.54) is 0 Å². The van der Waals surface area contributed by atoms with Gasteiger partial charge >= 0.3 is 6.03 Å². The SMILES string of the molecule is CC(=O)N1CCN(C(=O)Nc2ccc(C(C)O)cc2)CC1. The number of piperazine rings is 1. The van der Waals surface area contributed by atoms with Crippen LogP contribution in [0.25, 0.3) is 0 Å². The van der Waals surface area contributed by atoms with Gasteiger partial charge in [-0.25, -0.2) is 4.79 Å². The van der Waals surface area contributed by atoms with Crippen LogP contribution in [0, 0.1) is 0 Å². The van der Waals surface area contributed by atoms with Gasteiger partial charge in [0.05, 0.1) is 6.10 Å². The first kappa shape index (κ1) is 15.3. The number of carbonyl (C=O) groups is 2. The summed E-state index contributed by atoms with van der Waals surface area (Å²) in [6, 6.07) is 6.95. The highest BCUT2D eigenvalue weighted by atomic mass is 16.3. The van der Waals surface area contributed by atoms with Crippen LogP contribution in [0.2, 0.25) is 0 Å². The Balaban J connectivity index is 1.88. The summed E-state index contributed by atoms with van der Waals surface area (Å²) in [6.07, 6.45) is -0.519. The molecule has 1 heterocycles. The first-order valence-electron chi connectivity index (χ1n) is 7.07. The van der Waals surface area contributed by atoms with Crippen molar-refractivity contribution in [2.24, 2.45) is 0 Å². The Hall–Kier alpha value is -2.08. The van der Waals surface area contributed by atoms with Crippen LogP contribution in [-0.4, -0.2) is 53.0 Å². The molecule has 1 aliphatic rings. The van der Waals surface area contributed by atoms with Crippen molar-refractivity contribution in [3.63, 3.8) is 0 Å². The topological polar surface area (TPSA) is 72.9 Å². The van der Waals surface area contributed by atoms with Crippen molar-refractivity contribution in [3.05, 3.63) is 29.8 Å². The second-order valence-electron chi connectivity index (χ2n) is 5.22. The number of urea groups is 1. The van der Waals surface area contributed by atoms with E-state index in [1.807, 2.05) is 0 Å². The van der Waals surface area contributed by atoms with Gasteiger partial charge in [0, 0.05) is 38.8 Å². The third-order valence-corrected chi connectivity index (χ3v) is 3.66. The van der Waals surface area contributed by atoms with E-state index in [-0.39, 0.29) is 11.9 Å². The maximum absolute atomic E-state index is 12.1. The van der Waals surface area contributed by atoms with Crippen molar-refractivity contribution in [1.29, 1.82) is 0 Å². The van der Waals surface area contributed by atoms with Crippen molar-refractivity contribution < 1.29 is 14.7 Å². The number of nitrogens with zero attached hydrogens (tertiary/aromatic N) is 2. The molecule has 0 aromatic heterocycles. The molecule has 0 radical (unpaired) electrons. The summed E-state index contributed by atoms with van der Waals surface area (Å²) >= 11 is 0. The van der Waals surface area contributed by atoms with E-state index in [0.717, 1.165) is 5.56 Å². The molecule has 1 unspecified atom stereocenters. The zero-order valence-corrected chi connectivity index (χ0v) is 12.4. The monoisotopic (exact) mass is 291 g/mol. The first-order chi connectivity index (χ1) is 9.97. The quantitative estimate of drug-likeness (QED) is 0.866. The number of carbonyl (C=O) groups excluding carboxylic acids is 2. The lowest BCUT2D eigenvalue weighted by atomic mass is 10.1. The van der Waals surface area contributed by atoms with E-state index in [9.17, 15) is 14.7 Å². The summed E-state index contributed by atoms with van der Waals surface area (Å²) in [5.74, 6) is 0.0452. The van der Waals surface area contributed by atoms with Crippen molar-refractivity contribution in [3.8, 4) is 0 Å². The van der Waals surface area contributed by atoms with E-state index >= 15 is 0 Å². The number of benzene rings is 1. The predicted octanol–water partition coefficient (Wildman–Crippen LogP) is 1.44. The average molecular weight is 291 g/mol. The number of aliphatic hydroxyl groups is 1. The fourth-order valence-corrected chi connectivity index (χ4v) is 2.27. The molecule has 6 heteroatoms. The normalized spacial score (nSPS) is 16.5. The van der Waals surface area contributed by atoms with E-state index in [0.29, 0.717) is 31.9 Å². The highest BCUT2D eigenvalue weighted by molar-refractivity contribution is 5.89. The molecule has 0 saturated carbocycles. The number of hydrogen-bond donors (Lipinski definition) is 2. The highest BCUT2D eigenvalue weighted by Gasteiger charge is 2.22. The van der Waals surface area contributed by atoms with E-state index in [4.69, 9.17) is 0 Å². The maximum Gasteiger partial charge on any atom is 0.321 e. The second kappa shape index (κ2) is 6.58. The second-order valence-corrected chi connectivity index (χ2v) is 5.22. The Morgan fingerprint density at radius 3 is 2.10 bits per heavy atom. The van der Waals surface area contributed by atoms with Crippen molar-refractivity contribution in [2.45, 2.75) is 20.0 Å². The minimum absolute atomic E-state index is 0.0452. The fraction of sp³-hybridized carbons (Fsp3) is 0.467. The molecule has 0 spiro atoms. The summed E-state index contributed by atoms with van der Waals surface area (Å²) < 4.78 is 0. The lowest BCUT2D eigenvalue weighted by Gasteiger charge is -2.34. The minimum Gasteiger partial charge on any atom is -0.389 e. The number of aliphatic hydroxyl groups excluding tert-OH is 1. The Labute approximate surface area is 124 Å². The largest absolute Gasteiger partial charge is 0.389 e. The van der Waals surface area contributed by atoms with Crippen LogP contribution >= 0.6 is 0 Å². The van der Waals surface area contributed by atoms with Gasteiger partial charge in [0.25, 0.3) is 0 Å². The number of anilines is 1. The first-order valence-corrected chi connectivity index (χ1v) is 7.07. The average Bonchev–Trinajstić information content (AvgIpc) is 2.47. The fourth-order valence-electron chi connectivity index (χ4n) is 2.27. The molecular weight excluding hydrogens is 270 g/mol. The van der Waals surface area contributed by atoms with Gasteiger partial charge in [-0.05, 0) is 24.6 Å². The van der Waals surface area contributed by atoms with Crippen molar-refractivity contribution >= 4 is 17.6 Å². The van der Waals surface area contributed by atoms with Gasteiger partial charge in [0.15, 0.2) is 0 Å². The van der Waals surface area contributed by atoms with Gasteiger partial charge in [-0.1, -0.05) is 12.1 Å². The van der Waals surface area contributed by atoms with E-state index in [1.54, 1.807) is 47.9 Å². The van der Waals surface area contributed by atoms with Gasteiger partial charge in [0.1, 0.15) is 0 Å². The van der Waals surface area contributed by atoms with E-state index < -0.39 is 6.10 Å². The minimum atomic E-state index is -0.519. The summed E-state index contributed by atoms with van der Waals surface area (Å²) in [7, 11) is 0. The molecule has 1 atom stereocenters. The highest BCUT2D eigenvalue weighted by Crippen LogP contribution is 2.16. The number of nitrogens with one attached hydrogen (secondary N) is 1. The third kappa shape index (κ3) is 3.95. The summed E-state index contributed by atoms with van der Waals surface area (Å²) in [6.45, 7) is 5.46. The zero-order chi connectivity index (χ0) is 15.4. The molecule has 1 saturated heterocycles. The molecule has 2 N–H and O–H groups in total. The number of hydrogen-bond acceptors (Lipinski definition) is 3. The van der Waals surface area contributed by atoms with Gasteiger partial charge in [-0.3, -0.25) is 4.79 Å². The van der Waals surface area contributed by atoms with Crippen molar-refractivity contribution in [2.75, 3.05) is 31.5 Å². The van der Waals surface area contributed by atoms with Crippen LogP contribution in [0.1, 0.15) is 25.5 Å². The van der Waals surface area contributed by atoms with Crippen LogP contribution in [0.5, 0.6) is 0 Å². The Bertz CT molecular complexity index is 505. The van der Waals surface area contributed by atoms with Gasteiger partial charge in [-0.15, -0.1) is 0 Å². The third-order valence-electron chi connectivity index (χ3n) is 3.66. The smallest absolute Gasteiger partial charge is 0.321 e. The molecule has 21 heavy (non-hydrogen) atoms. The lowest BCUT2D eigenvalue weighted by molar-refractivity contribution is -0.130. The van der Waals surface area contributed by atoms with Crippen molar-refractivity contribution in [1.82, 2.24) is 9.80 Å². The molecular formula is C15H21N3O3. The molecule has 2 rings (SSSR count).